The topological polar surface area (TPSA) is 69.0 Å². The fourth-order valence-corrected chi connectivity index (χ4v) is 4.68. The van der Waals surface area contributed by atoms with Crippen molar-refractivity contribution in [3.05, 3.63) is 71.6 Å². The van der Waals surface area contributed by atoms with Gasteiger partial charge in [-0.2, -0.15) is 0 Å². The molecule has 0 aliphatic heterocycles. The van der Waals surface area contributed by atoms with E-state index in [0.717, 1.165) is 21.8 Å². The lowest BCUT2D eigenvalue weighted by Crippen LogP contribution is -2.23. The van der Waals surface area contributed by atoms with Crippen LogP contribution in [0, 0.1) is 6.92 Å². The molecule has 0 spiro atoms. The van der Waals surface area contributed by atoms with Gasteiger partial charge in [0.25, 0.3) is 0 Å². The van der Waals surface area contributed by atoms with Crippen LogP contribution in [0.25, 0.3) is 16.4 Å². The number of thioether (sulfide) groups is 1. The van der Waals surface area contributed by atoms with Gasteiger partial charge in [-0.1, -0.05) is 42.1 Å². The Morgan fingerprint density at radius 3 is 2.71 bits per heavy atom. The van der Waals surface area contributed by atoms with Crippen LogP contribution in [0.2, 0.25) is 0 Å². The predicted molar refractivity (Wildman–Crippen MR) is 126 cm³/mol. The van der Waals surface area contributed by atoms with E-state index in [0.29, 0.717) is 16.7 Å². The number of para-hydroxylation sites is 2. The Morgan fingerprint density at radius 2 is 1.97 bits per heavy atom. The van der Waals surface area contributed by atoms with Crippen molar-refractivity contribution in [1.29, 1.82) is 0 Å². The number of rotatable bonds is 7. The lowest BCUT2D eigenvalue weighted by atomic mass is 10.2. The number of thiophene rings is 1. The molecule has 1 unspecified atom stereocenters. The van der Waals surface area contributed by atoms with Crippen molar-refractivity contribution in [3.63, 3.8) is 0 Å². The molecule has 1 atom stereocenters. The van der Waals surface area contributed by atoms with Crippen molar-refractivity contribution >= 4 is 34.7 Å². The van der Waals surface area contributed by atoms with Crippen molar-refractivity contribution in [2.75, 3.05) is 12.4 Å². The zero-order valence-electron chi connectivity index (χ0n) is 17.4. The Balaban J connectivity index is 1.66. The molecule has 2 heterocycles. The molecule has 158 valence electrons. The minimum atomic E-state index is -0.380. The van der Waals surface area contributed by atoms with Gasteiger partial charge < -0.3 is 10.1 Å². The predicted octanol–water partition coefficient (Wildman–Crippen LogP) is 5.43. The maximum absolute atomic E-state index is 12.8. The number of ether oxygens (including phenoxy) is 1. The van der Waals surface area contributed by atoms with Gasteiger partial charge in [-0.25, -0.2) is 0 Å². The van der Waals surface area contributed by atoms with E-state index in [1.54, 1.807) is 18.4 Å². The summed E-state index contributed by atoms with van der Waals surface area (Å²) < 4.78 is 7.53. The van der Waals surface area contributed by atoms with Crippen molar-refractivity contribution in [1.82, 2.24) is 14.8 Å². The van der Waals surface area contributed by atoms with E-state index in [4.69, 9.17) is 4.74 Å². The summed E-state index contributed by atoms with van der Waals surface area (Å²) in [7, 11) is 1.64. The summed E-state index contributed by atoms with van der Waals surface area (Å²) >= 11 is 2.95. The Kier molecular flexibility index (Phi) is 6.39. The van der Waals surface area contributed by atoms with E-state index in [2.05, 4.69) is 15.5 Å². The molecule has 31 heavy (non-hydrogen) atoms. The Labute approximate surface area is 189 Å². The number of hydrogen-bond acceptors (Lipinski definition) is 6. The zero-order valence-corrected chi connectivity index (χ0v) is 19.0. The fraction of sp³-hybridized carbons (Fsp3) is 0.174. The van der Waals surface area contributed by atoms with Crippen LogP contribution >= 0.6 is 23.1 Å². The highest BCUT2D eigenvalue weighted by Gasteiger charge is 2.23. The van der Waals surface area contributed by atoms with Crippen LogP contribution in [-0.2, 0) is 4.79 Å². The Morgan fingerprint density at radius 1 is 1.13 bits per heavy atom. The average molecular weight is 451 g/mol. The first-order valence-electron chi connectivity index (χ1n) is 9.73. The van der Waals surface area contributed by atoms with Gasteiger partial charge in [-0.05, 0) is 55.1 Å². The third-order valence-corrected chi connectivity index (χ3v) is 6.55. The molecule has 8 heteroatoms. The smallest absolute Gasteiger partial charge is 0.237 e. The number of aromatic nitrogens is 3. The molecule has 0 bridgehead atoms. The van der Waals surface area contributed by atoms with E-state index in [1.165, 1.54) is 11.8 Å². The first-order valence-corrected chi connectivity index (χ1v) is 11.5. The van der Waals surface area contributed by atoms with Crippen molar-refractivity contribution in [2.45, 2.75) is 24.3 Å². The highest BCUT2D eigenvalue weighted by molar-refractivity contribution is 8.00. The zero-order chi connectivity index (χ0) is 21.8. The molecule has 1 N–H and O–H groups in total. The Bertz CT molecular complexity index is 1190. The van der Waals surface area contributed by atoms with Gasteiger partial charge in [0.15, 0.2) is 11.0 Å². The first-order chi connectivity index (χ1) is 15.1. The second kappa shape index (κ2) is 9.36. The third kappa shape index (κ3) is 4.65. The number of nitrogens with one attached hydrogen (secondary N) is 1. The van der Waals surface area contributed by atoms with Crippen LogP contribution in [0.3, 0.4) is 0 Å². The number of methoxy groups -OCH3 is 1. The molecule has 0 aliphatic carbocycles. The largest absolute Gasteiger partial charge is 0.495 e. The SMILES string of the molecule is COc1ccccc1-n1c(SC(C)C(=O)Nc2cccc(C)c2)nnc1-c1cccs1. The van der Waals surface area contributed by atoms with Crippen molar-refractivity contribution in [3.8, 4) is 22.1 Å². The molecule has 4 aromatic rings. The van der Waals surface area contributed by atoms with Gasteiger partial charge in [0, 0.05) is 5.69 Å². The van der Waals surface area contributed by atoms with Crippen molar-refractivity contribution < 1.29 is 9.53 Å². The van der Waals surface area contributed by atoms with E-state index >= 15 is 0 Å². The quantitative estimate of drug-likeness (QED) is 0.380. The molecule has 2 aromatic heterocycles. The van der Waals surface area contributed by atoms with Crippen LogP contribution < -0.4 is 10.1 Å². The number of hydrogen-bond donors (Lipinski definition) is 1. The normalized spacial score (nSPS) is 11.8. The molecule has 2 aromatic carbocycles. The van der Waals surface area contributed by atoms with Crippen LogP contribution in [0.5, 0.6) is 5.75 Å². The van der Waals surface area contributed by atoms with Crippen molar-refractivity contribution in [2.24, 2.45) is 0 Å². The summed E-state index contributed by atoms with van der Waals surface area (Å²) in [6, 6.07) is 19.5. The molecule has 6 nitrogen and oxygen atoms in total. The monoisotopic (exact) mass is 450 g/mol. The average Bonchev–Trinajstić information content (AvgIpc) is 3.43. The second-order valence-electron chi connectivity index (χ2n) is 6.91. The third-order valence-electron chi connectivity index (χ3n) is 4.64. The molecule has 0 radical (unpaired) electrons. The number of nitrogens with zero attached hydrogens (tertiary/aromatic N) is 3. The van der Waals surface area contributed by atoms with E-state index in [-0.39, 0.29) is 11.2 Å². The van der Waals surface area contributed by atoms with Gasteiger partial charge in [0.2, 0.25) is 5.91 Å². The Hall–Kier alpha value is -3.10. The fourth-order valence-electron chi connectivity index (χ4n) is 3.12. The summed E-state index contributed by atoms with van der Waals surface area (Å²) in [5.41, 5.74) is 2.70. The number of anilines is 1. The summed E-state index contributed by atoms with van der Waals surface area (Å²) in [4.78, 5) is 13.8. The van der Waals surface area contributed by atoms with E-state index in [1.807, 2.05) is 84.5 Å². The summed E-state index contributed by atoms with van der Waals surface area (Å²) in [5.74, 6) is 1.33. The van der Waals surface area contributed by atoms with E-state index in [9.17, 15) is 4.79 Å². The number of carbonyl (C=O) groups excluding carboxylic acids is 1. The van der Waals surface area contributed by atoms with Crippen LogP contribution in [-0.4, -0.2) is 33.0 Å². The molecule has 0 saturated carbocycles. The highest BCUT2D eigenvalue weighted by Crippen LogP contribution is 2.35. The maximum Gasteiger partial charge on any atom is 0.237 e. The molecule has 0 saturated heterocycles. The lowest BCUT2D eigenvalue weighted by molar-refractivity contribution is -0.115. The van der Waals surface area contributed by atoms with Gasteiger partial charge in [0.1, 0.15) is 5.75 Å². The first kappa shape index (κ1) is 21.1. The van der Waals surface area contributed by atoms with Gasteiger partial charge in [0.05, 0.1) is 22.9 Å². The number of carbonyl (C=O) groups is 1. The lowest BCUT2D eigenvalue weighted by Gasteiger charge is -2.15. The molecule has 1 amide bonds. The molecule has 0 fully saturated rings. The second-order valence-corrected chi connectivity index (χ2v) is 9.17. The number of benzene rings is 2. The minimum absolute atomic E-state index is 0.0946. The minimum Gasteiger partial charge on any atom is -0.495 e. The highest BCUT2D eigenvalue weighted by atomic mass is 32.2. The molecule has 4 rings (SSSR count). The van der Waals surface area contributed by atoms with Crippen LogP contribution in [0.15, 0.2) is 71.2 Å². The number of amides is 1. The van der Waals surface area contributed by atoms with Gasteiger partial charge >= 0.3 is 0 Å². The molecular formula is C23H22N4O2S2. The maximum atomic E-state index is 12.8. The standard InChI is InChI=1S/C23H22N4O2S2/c1-15-8-6-9-17(14-15)24-22(28)16(2)31-23-26-25-21(20-12-7-13-30-20)27(23)18-10-4-5-11-19(18)29-3/h4-14,16H,1-3H3,(H,24,28). The van der Waals surface area contributed by atoms with Gasteiger partial charge in [-0.3, -0.25) is 9.36 Å². The van der Waals surface area contributed by atoms with Crippen LogP contribution in [0.1, 0.15) is 12.5 Å². The molecular weight excluding hydrogens is 428 g/mol. The number of aryl methyl sites for hydroxylation is 1. The van der Waals surface area contributed by atoms with Crippen LogP contribution in [0.4, 0.5) is 5.69 Å². The van der Waals surface area contributed by atoms with E-state index < -0.39 is 0 Å². The van der Waals surface area contributed by atoms with Gasteiger partial charge in [-0.15, -0.1) is 21.5 Å². The summed E-state index contributed by atoms with van der Waals surface area (Å²) in [6.45, 7) is 3.86. The summed E-state index contributed by atoms with van der Waals surface area (Å²) in [6.07, 6.45) is 0. The summed E-state index contributed by atoms with van der Waals surface area (Å²) in [5, 5.41) is 14.1. The molecule has 0 aliphatic rings.